The van der Waals surface area contributed by atoms with Crippen LogP contribution in [0.25, 0.3) is 0 Å². The first-order valence-electron chi connectivity index (χ1n) is 8.87. The van der Waals surface area contributed by atoms with Gasteiger partial charge < -0.3 is 19.5 Å². The first-order valence-corrected chi connectivity index (χ1v) is 8.87. The molecule has 1 fully saturated rings. The summed E-state index contributed by atoms with van der Waals surface area (Å²) in [6, 6.07) is 8.20. The lowest BCUT2D eigenvalue weighted by Crippen LogP contribution is -2.49. The highest BCUT2D eigenvalue weighted by atomic mass is 16.5. The second-order valence-electron chi connectivity index (χ2n) is 7.06. The number of anilines is 1. The molecule has 0 unspecified atom stereocenters. The summed E-state index contributed by atoms with van der Waals surface area (Å²) in [6.07, 6.45) is 0.517. The fourth-order valence-electron chi connectivity index (χ4n) is 2.76. The molecule has 1 aromatic carbocycles. The van der Waals surface area contributed by atoms with Crippen LogP contribution in [0.2, 0.25) is 0 Å². The van der Waals surface area contributed by atoms with Crippen LogP contribution in [-0.2, 0) is 4.74 Å². The number of aliphatic hydroxyl groups is 1. The molecule has 1 aromatic rings. The van der Waals surface area contributed by atoms with Crippen molar-refractivity contribution in [3.05, 3.63) is 24.3 Å². The maximum absolute atomic E-state index is 10.2. The van der Waals surface area contributed by atoms with Crippen molar-refractivity contribution in [3.63, 3.8) is 0 Å². The number of hydrogen-bond donors (Lipinski definition) is 1. The van der Waals surface area contributed by atoms with Crippen molar-refractivity contribution in [3.8, 4) is 5.75 Å². The third-order valence-corrected chi connectivity index (χ3v) is 4.80. The molecule has 0 bridgehead atoms. The molecule has 1 saturated heterocycles. The van der Waals surface area contributed by atoms with Crippen LogP contribution in [0.15, 0.2) is 24.3 Å². The van der Waals surface area contributed by atoms with Crippen LogP contribution < -0.4 is 9.64 Å². The molecule has 1 atom stereocenters. The second kappa shape index (κ2) is 8.70. The van der Waals surface area contributed by atoms with Crippen molar-refractivity contribution in [1.82, 2.24) is 4.90 Å². The number of piperazine rings is 1. The summed E-state index contributed by atoms with van der Waals surface area (Å²) in [6.45, 7) is 11.2. The number of rotatable bonds is 8. The molecule has 1 aliphatic heterocycles. The Labute approximate surface area is 146 Å². The SMILES string of the molecule is CCC(C)(C)OC[C@H](O)CN1CCN(c2ccc(OC)cc2)CC1. The largest absolute Gasteiger partial charge is 0.497 e. The third kappa shape index (κ3) is 5.65. The van der Waals surface area contributed by atoms with E-state index in [-0.39, 0.29) is 5.60 Å². The molecule has 0 amide bonds. The molecular weight excluding hydrogens is 304 g/mol. The number of aliphatic hydroxyl groups excluding tert-OH is 1. The van der Waals surface area contributed by atoms with E-state index in [2.05, 4.69) is 42.7 Å². The van der Waals surface area contributed by atoms with Crippen LogP contribution in [0.4, 0.5) is 5.69 Å². The van der Waals surface area contributed by atoms with Gasteiger partial charge in [0.2, 0.25) is 0 Å². The van der Waals surface area contributed by atoms with E-state index in [4.69, 9.17) is 9.47 Å². The van der Waals surface area contributed by atoms with Crippen molar-refractivity contribution >= 4 is 5.69 Å². The standard InChI is InChI=1S/C19H32N2O3/c1-5-19(2,3)24-15-17(22)14-20-10-12-21(13-11-20)16-6-8-18(23-4)9-7-16/h6-9,17,22H,5,10-15H2,1-4H3/t17-/m1/s1. The number of benzene rings is 1. The van der Waals surface area contributed by atoms with Gasteiger partial charge in [-0.25, -0.2) is 0 Å². The lowest BCUT2D eigenvalue weighted by Gasteiger charge is -2.37. The average Bonchev–Trinajstić information content (AvgIpc) is 2.61. The minimum absolute atomic E-state index is 0.159. The van der Waals surface area contributed by atoms with Gasteiger partial charge in [0, 0.05) is 38.4 Å². The molecule has 24 heavy (non-hydrogen) atoms. The van der Waals surface area contributed by atoms with Crippen molar-refractivity contribution in [2.24, 2.45) is 0 Å². The summed E-state index contributed by atoms with van der Waals surface area (Å²) < 4.78 is 11.0. The Bertz CT molecular complexity index is 482. The molecule has 0 aromatic heterocycles. The van der Waals surface area contributed by atoms with Gasteiger partial charge in [-0.05, 0) is 44.5 Å². The van der Waals surface area contributed by atoms with Crippen LogP contribution in [-0.4, -0.2) is 68.2 Å². The Kier molecular flexibility index (Phi) is 6.90. The number of methoxy groups -OCH3 is 1. The highest BCUT2D eigenvalue weighted by Gasteiger charge is 2.22. The van der Waals surface area contributed by atoms with E-state index in [1.54, 1.807) is 7.11 Å². The molecule has 1 aliphatic rings. The van der Waals surface area contributed by atoms with Gasteiger partial charge in [0.15, 0.2) is 0 Å². The molecule has 0 saturated carbocycles. The highest BCUT2D eigenvalue weighted by Crippen LogP contribution is 2.20. The van der Waals surface area contributed by atoms with Crippen LogP contribution in [0.5, 0.6) is 5.75 Å². The topological polar surface area (TPSA) is 45.2 Å². The molecule has 1 heterocycles. The fraction of sp³-hybridized carbons (Fsp3) is 0.684. The summed E-state index contributed by atoms with van der Waals surface area (Å²) in [5, 5.41) is 10.2. The highest BCUT2D eigenvalue weighted by molar-refractivity contribution is 5.49. The van der Waals surface area contributed by atoms with Gasteiger partial charge in [0.25, 0.3) is 0 Å². The van der Waals surface area contributed by atoms with Crippen molar-refractivity contribution in [1.29, 1.82) is 0 Å². The van der Waals surface area contributed by atoms with Crippen molar-refractivity contribution in [2.75, 3.05) is 51.3 Å². The predicted octanol–water partition coefficient (Wildman–Crippen LogP) is 2.38. The summed E-state index contributed by atoms with van der Waals surface area (Å²) in [5.41, 5.74) is 1.07. The van der Waals surface area contributed by atoms with Crippen LogP contribution in [0.3, 0.4) is 0 Å². The summed E-state index contributed by atoms with van der Waals surface area (Å²) in [5.74, 6) is 0.885. The number of nitrogens with zero attached hydrogens (tertiary/aromatic N) is 2. The Balaban J connectivity index is 1.74. The fourth-order valence-corrected chi connectivity index (χ4v) is 2.76. The molecule has 2 rings (SSSR count). The molecule has 0 radical (unpaired) electrons. The van der Waals surface area contributed by atoms with Crippen LogP contribution in [0.1, 0.15) is 27.2 Å². The number of hydrogen-bond acceptors (Lipinski definition) is 5. The average molecular weight is 336 g/mol. The molecule has 0 spiro atoms. The molecule has 136 valence electrons. The zero-order chi connectivity index (χ0) is 17.6. The molecular formula is C19H32N2O3. The molecule has 0 aliphatic carbocycles. The molecule has 1 N–H and O–H groups in total. The summed E-state index contributed by atoms with van der Waals surface area (Å²) >= 11 is 0. The van der Waals surface area contributed by atoms with E-state index >= 15 is 0 Å². The van der Waals surface area contributed by atoms with Crippen LogP contribution in [0, 0.1) is 0 Å². The minimum atomic E-state index is -0.427. The summed E-state index contributed by atoms with van der Waals surface area (Å²) in [7, 11) is 1.68. The van der Waals surface area contributed by atoms with Gasteiger partial charge >= 0.3 is 0 Å². The van der Waals surface area contributed by atoms with Gasteiger partial charge in [-0.2, -0.15) is 0 Å². The first-order chi connectivity index (χ1) is 11.4. The Morgan fingerprint density at radius 3 is 2.29 bits per heavy atom. The quantitative estimate of drug-likeness (QED) is 0.790. The smallest absolute Gasteiger partial charge is 0.119 e. The van der Waals surface area contributed by atoms with Gasteiger partial charge in [-0.15, -0.1) is 0 Å². The minimum Gasteiger partial charge on any atom is -0.497 e. The number of β-amino-alcohol motifs (C(OH)–C–C–N with tert-alkyl or cyclic N) is 1. The predicted molar refractivity (Wildman–Crippen MR) is 98.0 cm³/mol. The van der Waals surface area contributed by atoms with E-state index in [0.717, 1.165) is 38.3 Å². The van der Waals surface area contributed by atoms with E-state index < -0.39 is 6.10 Å². The normalized spacial score (nSPS) is 17.8. The van der Waals surface area contributed by atoms with E-state index in [0.29, 0.717) is 13.2 Å². The monoisotopic (exact) mass is 336 g/mol. The van der Waals surface area contributed by atoms with Gasteiger partial charge in [-0.1, -0.05) is 6.92 Å². The Morgan fingerprint density at radius 1 is 1.12 bits per heavy atom. The maximum atomic E-state index is 10.2. The van der Waals surface area contributed by atoms with E-state index in [1.165, 1.54) is 5.69 Å². The van der Waals surface area contributed by atoms with Gasteiger partial charge in [-0.3, -0.25) is 4.90 Å². The van der Waals surface area contributed by atoms with E-state index in [9.17, 15) is 5.11 Å². The zero-order valence-corrected chi connectivity index (χ0v) is 15.5. The Morgan fingerprint density at radius 2 is 1.75 bits per heavy atom. The second-order valence-corrected chi connectivity index (χ2v) is 7.06. The molecule has 5 heteroatoms. The van der Waals surface area contributed by atoms with Gasteiger partial charge in [0.05, 0.1) is 25.4 Å². The lowest BCUT2D eigenvalue weighted by molar-refractivity contribution is -0.0674. The zero-order valence-electron chi connectivity index (χ0n) is 15.5. The van der Waals surface area contributed by atoms with Crippen molar-refractivity contribution < 1.29 is 14.6 Å². The van der Waals surface area contributed by atoms with E-state index in [1.807, 2.05) is 12.1 Å². The summed E-state index contributed by atoms with van der Waals surface area (Å²) in [4.78, 5) is 4.69. The van der Waals surface area contributed by atoms with Crippen LogP contribution >= 0.6 is 0 Å². The lowest BCUT2D eigenvalue weighted by atomic mass is 10.1. The first kappa shape index (κ1) is 19.0. The van der Waals surface area contributed by atoms with Crippen molar-refractivity contribution in [2.45, 2.75) is 38.9 Å². The number of ether oxygens (including phenoxy) is 2. The van der Waals surface area contributed by atoms with Gasteiger partial charge in [0.1, 0.15) is 5.75 Å². The maximum Gasteiger partial charge on any atom is 0.119 e. The third-order valence-electron chi connectivity index (χ3n) is 4.80. The molecule has 5 nitrogen and oxygen atoms in total. The Hall–Kier alpha value is -1.30.